The highest BCUT2D eigenvalue weighted by atomic mass is 16.6. The Labute approximate surface area is 400 Å². The monoisotopic (exact) mass is 901 g/mol. The molecule has 0 saturated carbocycles. The van der Waals surface area contributed by atoms with Gasteiger partial charge in [0, 0.05) is 19.3 Å². The second-order valence-corrected chi connectivity index (χ2v) is 17.2. The highest BCUT2D eigenvalue weighted by Gasteiger charge is 2.19. The van der Waals surface area contributed by atoms with Crippen molar-refractivity contribution in [2.75, 3.05) is 13.2 Å². The minimum atomic E-state index is -0.822. The van der Waals surface area contributed by atoms with E-state index in [1.54, 1.807) is 0 Å². The molecule has 368 valence electrons. The molecule has 1 atom stereocenters. The average molecular weight is 901 g/mol. The summed E-state index contributed by atoms with van der Waals surface area (Å²) in [4.78, 5) is 38.0. The van der Waals surface area contributed by atoms with Crippen LogP contribution >= 0.6 is 0 Å². The maximum absolute atomic E-state index is 12.8. The molecular formula is C59H96O6. The number of hydrogen-bond acceptors (Lipinski definition) is 6. The van der Waals surface area contributed by atoms with Gasteiger partial charge in [-0.1, -0.05) is 226 Å². The fourth-order valence-electron chi connectivity index (χ4n) is 6.91. The van der Waals surface area contributed by atoms with Crippen LogP contribution in [0.1, 0.15) is 226 Å². The first-order valence-corrected chi connectivity index (χ1v) is 26.5. The largest absolute Gasteiger partial charge is 0.462 e. The highest BCUT2D eigenvalue weighted by molar-refractivity contribution is 5.71. The Morgan fingerprint density at radius 3 is 0.954 bits per heavy atom. The maximum Gasteiger partial charge on any atom is 0.306 e. The van der Waals surface area contributed by atoms with Crippen LogP contribution < -0.4 is 0 Å². The van der Waals surface area contributed by atoms with Crippen LogP contribution in [-0.2, 0) is 28.6 Å². The summed E-state index contributed by atoms with van der Waals surface area (Å²) in [7, 11) is 0. The molecule has 0 aromatic rings. The Morgan fingerprint density at radius 2 is 0.600 bits per heavy atom. The summed E-state index contributed by atoms with van der Waals surface area (Å²) in [6, 6.07) is 0. The molecular weight excluding hydrogens is 805 g/mol. The molecule has 0 heterocycles. The molecule has 0 bridgehead atoms. The zero-order valence-corrected chi connectivity index (χ0v) is 42.0. The third kappa shape index (κ3) is 50.9. The van der Waals surface area contributed by atoms with Gasteiger partial charge in [-0.3, -0.25) is 14.4 Å². The Balaban J connectivity index is 4.57. The third-order valence-electron chi connectivity index (χ3n) is 10.9. The Kier molecular flexibility index (Phi) is 49.5. The van der Waals surface area contributed by atoms with E-state index in [1.807, 2.05) is 48.6 Å². The molecule has 6 heteroatoms. The number of hydrogen-bond donors (Lipinski definition) is 0. The van der Waals surface area contributed by atoms with Crippen LogP contribution in [0.3, 0.4) is 0 Å². The maximum atomic E-state index is 12.8. The van der Waals surface area contributed by atoms with Crippen molar-refractivity contribution in [1.82, 2.24) is 0 Å². The normalized spacial score (nSPS) is 13.0. The summed E-state index contributed by atoms with van der Waals surface area (Å²) in [5.74, 6) is -1.02. The van der Waals surface area contributed by atoms with Gasteiger partial charge in [-0.05, 0) is 89.9 Å². The van der Waals surface area contributed by atoms with Gasteiger partial charge in [-0.15, -0.1) is 0 Å². The first-order valence-electron chi connectivity index (χ1n) is 26.5. The predicted octanol–water partition coefficient (Wildman–Crippen LogP) is 17.5. The Morgan fingerprint density at radius 1 is 0.323 bits per heavy atom. The number of carbonyl (C=O) groups excluding carboxylic acids is 3. The number of carbonyl (C=O) groups is 3. The standard InChI is InChI=1S/C59H96O6/c1-4-7-10-13-16-19-22-25-28-31-34-37-40-43-46-49-52-58(61)64-55-56(54-63-57(60)51-48-45-42-39-36-33-30-27-24-21-18-15-12-9-6-3)65-59(62)53-50-47-44-41-38-35-32-29-26-23-20-17-14-11-8-5-2/h9,12,15,18,21,24,27-38,56H,4-8,10-11,13-14,16-17,19-20,22-23,25-26,39-55H2,1-3H3/b12-9-,18-15-,24-21-,30-27-,31-28-,32-29-,36-33-,37-34-,38-35-. The molecule has 0 aliphatic heterocycles. The van der Waals surface area contributed by atoms with Crippen LogP contribution in [0.4, 0.5) is 0 Å². The van der Waals surface area contributed by atoms with E-state index in [1.165, 1.54) is 89.9 Å². The van der Waals surface area contributed by atoms with E-state index in [0.717, 1.165) is 96.3 Å². The molecule has 0 aromatic heterocycles. The summed E-state index contributed by atoms with van der Waals surface area (Å²) in [5, 5.41) is 0. The SMILES string of the molecule is CC\C=C/C=C\C=C/C=C\C=C/CCCCCC(=O)OCC(COC(=O)CCCCC/C=C\C=C/CCCCCCCCC)OC(=O)CCCCC/C=C\C=C/CCCCCCCCC. The van der Waals surface area contributed by atoms with Gasteiger partial charge in [0.2, 0.25) is 0 Å². The van der Waals surface area contributed by atoms with Crippen molar-refractivity contribution in [3.05, 3.63) is 109 Å². The summed E-state index contributed by atoms with van der Waals surface area (Å²) in [6.07, 6.45) is 70.7. The van der Waals surface area contributed by atoms with E-state index in [4.69, 9.17) is 14.2 Å². The van der Waals surface area contributed by atoms with Crippen molar-refractivity contribution in [3.63, 3.8) is 0 Å². The molecule has 0 amide bonds. The van der Waals surface area contributed by atoms with E-state index >= 15 is 0 Å². The molecule has 6 nitrogen and oxygen atoms in total. The average Bonchev–Trinajstić information content (AvgIpc) is 3.30. The van der Waals surface area contributed by atoms with Gasteiger partial charge in [-0.25, -0.2) is 0 Å². The number of unbranched alkanes of at least 4 members (excludes halogenated alkanes) is 23. The fraction of sp³-hybridized carbons (Fsp3) is 0.644. The lowest BCUT2D eigenvalue weighted by Crippen LogP contribution is -2.30. The van der Waals surface area contributed by atoms with Gasteiger partial charge in [0.15, 0.2) is 6.10 Å². The van der Waals surface area contributed by atoms with Crippen molar-refractivity contribution < 1.29 is 28.6 Å². The summed E-state index contributed by atoms with van der Waals surface area (Å²) in [5.41, 5.74) is 0. The molecule has 65 heavy (non-hydrogen) atoms. The van der Waals surface area contributed by atoms with Crippen LogP contribution in [0, 0.1) is 0 Å². The van der Waals surface area contributed by atoms with Crippen LogP contribution in [0.2, 0.25) is 0 Å². The first-order chi connectivity index (χ1) is 32.0. The van der Waals surface area contributed by atoms with Crippen molar-refractivity contribution in [2.24, 2.45) is 0 Å². The molecule has 0 rings (SSSR count). The van der Waals surface area contributed by atoms with Gasteiger partial charge in [0.25, 0.3) is 0 Å². The summed E-state index contributed by atoms with van der Waals surface area (Å²) < 4.78 is 16.7. The van der Waals surface area contributed by atoms with Crippen LogP contribution in [0.5, 0.6) is 0 Å². The topological polar surface area (TPSA) is 78.9 Å². The van der Waals surface area contributed by atoms with E-state index in [2.05, 4.69) is 81.5 Å². The van der Waals surface area contributed by atoms with Gasteiger partial charge in [0.05, 0.1) is 0 Å². The van der Waals surface area contributed by atoms with Crippen molar-refractivity contribution in [3.8, 4) is 0 Å². The zero-order chi connectivity index (χ0) is 47.2. The minimum Gasteiger partial charge on any atom is -0.462 e. The smallest absolute Gasteiger partial charge is 0.306 e. The predicted molar refractivity (Wildman–Crippen MR) is 279 cm³/mol. The molecule has 0 aliphatic carbocycles. The lowest BCUT2D eigenvalue weighted by atomic mass is 10.1. The summed E-state index contributed by atoms with van der Waals surface area (Å²) >= 11 is 0. The zero-order valence-electron chi connectivity index (χ0n) is 42.0. The van der Waals surface area contributed by atoms with Crippen molar-refractivity contribution in [1.29, 1.82) is 0 Å². The number of esters is 3. The minimum absolute atomic E-state index is 0.118. The Hall–Kier alpha value is -3.93. The number of rotatable bonds is 46. The van der Waals surface area contributed by atoms with Crippen LogP contribution in [-0.4, -0.2) is 37.2 Å². The van der Waals surface area contributed by atoms with E-state index in [0.29, 0.717) is 12.8 Å². The second kappa shape index (κ2) is 52.7. The molecule has 0 radical (unpaired) electrons. The lowest BCUT2D eigenvalue weighted by molar-refractivity contribution is -0.167. The molecule has 0 fully saturated rings. The highest BCUT2D eigenvalue weighted by Crippen LogP contribution is 2.13. The van der Waals surface area contributed by atoms with Gasteiger partial charge in [0.1, 0.15) is 13.2 Å². The first kappa shape index (κ1) is 61.1. The quantitative estimate of drug-likeness (QED) is 0.0262. The fourth-order valence-corrected chi connectivity index (χ4v) is 6.91. The van der Waals surface area contributed by atoms with Gasteiger partial charge >= 0.3 is 17.9 Å². The lowest BCUT2D eigenvalue weighted by Gasteiger charge is -2.18. The van der Waals surface area contributed by atoms with Crippen LogP contribution in [0.15, 0.2) is 109 Å². The van der Waals surface area contributed by atoms with Crippen molar-refractivity contribution >= 4 is 17.9 Å². The molecule has 0 saturated heterocycles. The molecule has 0 N–H and O–H groups in total. The van der Waals surface area contributed by atoms with Crippen molar-refractivity contribution in [2.45, 2.75) is 232 Å². The van der Waals surface area contributed by atoms with Gasteiger partial charge in [-0.2, -0.15) is 0 Å². The number of ether oxygens (including phenoxy) is 3. The van der Waals surface area contributed by atoms with Gasteiger partial charge < -0.3 is 14.2 Å². The summed E-state index contributed by atoms with van der Waals surface area (Å²) in [6.45, 7) is 6.39. The second-order valence-electron chi connectivity index (χ2n) is 17.2. The van der Waals surface area contributed by atoms with E-state index in [-0.39, 0.29) is 37.5 Å². The van der Waals surface area contributed by atoms with Crippen LogP contribution in [0.25, 0.3) is 0 Å². The molecule has 1 unspecified atom stereocenters. The Bertz CT molecular complexity index is 1360. The van der Waals surface area contributed by atoms with E-state index in [9.17, 15) is 14.4 Å². The van der Waals surface area contributed by atoms with E-state index < -0.39 is 6.10 Å². The number of allylic oxidation sites excluding steroid dienone is 18. The molecule has 0 aromatic carbocycles. The molecule has 0 spiro atoms. The third-order valence-corrected chi connectivity index (χ3v) is 10.9. The molecule has 0 aliphatic rings.